The van der Waals surface area contributed by atoms with E-state index < -0.39 is 26.2 Å². The molecule has 0 fully saturated rings. The summed E-state index contributed by atoms with van der Waals surface area (Å²) in [5, 5.41) is 8.17. The zero-order chi connectivity index (χ0) is 31.0. The normalized spacial score (nSPS) is 12.6. The van der Waals surface area contributed by atoms with E-state index in [1.54, 1.807) is 38.2 Å². The summed E-state index contributed by atoms with van der Waals surface area (Å²) in [5.41, 5.74) is 4.17. The van der Waals surface area contributed by atoms with Crippen molar-refractivity contribution >= 4 is 60.8 Å². The van der Waals surface area contributed by atoms with E-state index in [0.717, 1.165) is 0 Å². The number of benzene rings is 2. The molecule has 14 heteroatoms. The zero-order valence-electron chi connectivity index (χ0n) is 23.2. The summed E-state index contributed by atoms with van der Waals surface area (Å²) in [6.45, 7) is 1.76. The van der Waals surface area contributed by atoms with Crippen LogP contribution in [-0.2, 0) is 20.0 Å². The number of nitrogens with zero attached hydrogens (tertiary/aromatic N) is 5. The molecular weight excluding hydrogens is 612 g/mol. The van der Waals surface area contributed by atoms with Gasteiger partial charge in [-0.1, -0.05) is 35.3 Å². The second-order valence-corrected chi connectivity index (χ2v) is 12.4. The summed E-state index contributed by atoms with van der Waals surface area (Å²) in [5.74, 6) is -0.923. The number of carbonyl (C=O) groups is 2. The van der Waals surface area contributed by atoms with Crippen LogP contribution in [0, 0.1) is 17.8 Å². The van der Waals surface area contributed by atoms with Crippen molar-refractivity contribution in [3.05, 3.63) is 97.3 Å². The summed E-state index contributed by atoms with van der Waals surface area (Å²) in [4.78, 5) is 48.0. The fraction of sp³-hybridized carbons (Fsp3) is 0.172. The van der Waals surface area contributed by atoms with Crippen LogP contribution >= 0.6 is 23.2 Å². The molecule has 2 N–H and O–H groups in total. The fourth-order valence-corrected chi connectivity index (χ4v) is 6.27. The minimum absolute atomic E-state index is 0.00535. The maximum Gasteiger partial charge on any atom is 0.419 e. The molecule has 2 amide bonds. The Labute approximate surface area is 257 Å². The van der Waals surface area contributed by atoms with E-state index in [4.69, 9.17) is 34.6 Å². The Hall–Kier alpha value is -4.57. The molecule has 0 spiro atoms. The predicted molar refractivity (Wildman–Crippen MR) is 163 cm³/mol. The number of terminal acetylenes is 1. The first-order valence-electron chi connectivity index (χ1n) is 12.9. The first kappa shape index (κ1) is 29.9. The van der Waals surface area contributed by atoms with E-state index in [0.29, 0.717) is 32.7 Å². The van der Waals surface area contributed by atoms with E-state index in [1.807, 2.05) is 0 Å². The number of amides is 2. The zero-order valence-corrected chi connectivity index (χ0v) is 25.7. The van der Waals surface area contributed by atoms with Crippen LogP contribution in [0.2, 0.25) is 10.0 Å². The quantitative estimate of drug-likeness (QED) is 0.191. The van der Waals surface area contributed by atoms with Gasteiger partial charge in [-0.2, -0.15) is 9.67 Å². The van der Waals surface area contributed by atoms with Gasteiger partial charge in [0.05, 0.1) is 27.6 Å². The lowest BCUT2D eigenvalue weighted by Crippen LogP contribution is -2.42. The van der Waals surface area contributed by atoms with Gasteiger partial charge in [0.2, 0.25) is 5.95 Å². The third-order valence-corrected chi connectivity index (χ3v) is 9.36. The van der Waals surface area contributed by atoms with Crippen LogP contribution in [0.25, 0.3) is 5.82 Å². The molecule has 0 saturated heterocycles. The van der Waals surface area contributed by atoms with Crippen molar-refractivity contribution in [2.24, 2.45) is 7.05 Å². The number of halogens is 3. The third kappa shape index (κ3) is 5.74. The van der Waals surface area contributed by atoms with Crippen molar-refractivity contribution in [1.82, 2.24) is 24.6 Å². The number of anilines is 1. The van der Waals surface area contributed by atoms with Gasteiger partial charge in [0.25, 0.3) is 20.4 Å². The number of hydrogen-bond acceptors (Lipinski definition) is 6. The Morgan fingerprint density at radius 3 is 2.51 bits per heavy atom. The van der Waals surface area contributed by atoms with E-state index in [2.05, 4.69) is 20.9 Å². The average Bonchev–Trinajstić information content (AvgIpc) is 3.38. The number of fused-ring (bicyclic) bond motifs is 1. The Bertz CT molecular complexity index is 1930. The van der Waals surface area contributed by atoms with Crippen molar-refractivity contribution in [2.45, 2.75) is 19.9 Å². The van der Waals surface area contributed by atoms with E-state index in [-0.39, 0.29) is 41.4 Å². The molecule has 2 aromatic carbocycles. The highest BCUT2D eigenvalue weighted by Crippen LogP contribution is 2.24. The molecule has 0 unspecified atom stereocenters. The summed E-state index contributed by atoms with van der Waals surface area (Å²) in [6, 6.07) is 11.8. The summed E-state index contributed by atoms with van der Waals surface area (Å²) >= 11 is 12.2. The van der Waals surface area contributed by atoms with Gasteiger partial charge in [-0.25, -0.2) is 18.7 Å². The highest BCUT2D eigenvalue weighted by molar-refractivity contribution is 6.83. The monoisotopic (exact) mass is 635 g/mol. The van der Waals surface area contributed by atoms with Gasteiger partial charge < -0.3 is 10.3 Å². The molecule has 1 aliphatic heterocycles. The van der Waals surface area contributed by atoms with Crippen molar-refractivity contribution in [1.29, 1.82) is 0 Å². The molecule has 0 atom stereocenters. The predicted octanol–water partition coefficient (Wildman–Crippen LogP) is 2.62. The van der Waals surface area contributed by atoms with Gasteiger partial charge in [-0.15, -0.1) is 12.0 Å². The number of aromatic nitrogens is 4. The van der Waals surface area contributed by atoms with Crippen molar-refractivity contribution < 1.29 is 18.6 Å². The molecule has 4 aromatic rings. The summed E-state index contributed by atoms with van der Waals surface area (Å²) < 4.78 is 17.8. The van der Waals surface area contributed by atoms with Crippen LogP contribution in [0.15, 0.2) is 53.3 Å². The SMILES string of the molecule is C#C[Si](Nc1nc2c(c(=O)n1-c1cc(C(=O)NC)n(C)n1)CC(C)=[N+](C(=O)c1ccc(Cl)c(Cl)c1)C2)c1ccc(F)cc1. The maximum absolute atomic E-state index is 14.1. The first-order chi connectivity index (χ1) is 20.5. The minimum Gasteiger partial charge on any atom is -0.367 e. The number of rotatable bonds is 6. The minimum atomic E-state index is -2.05. The Kier molecular flexibility index (Phi) is 8.32. The molecular formula is C29H24Cl2FN7O3Si+. The van der Waals surface area contributed by atoms with Gasteiger partial charge in [-0.05, 0) is 35.5 Å². The fourth-order valence-electron chi connectivity index (χ4n) is 4.69. The first-order valence-corrected chi connectivity index (χ1v) is 15.1. The lowest BCUT2D eigenvalue weighted by atomic mass is 10.0. The Morgan fingerprint density at radius 1 is 1.14 bits per heavy atom. The lowest BCUT2D eigenvalue weighted by molar-refractivity contribution is -0.450. The van der Waals surface area contributed by atoms with E-state index in [1.165, 1.54) is 45.1 Å². The standard InChI is InChI=1S/C29H23Cl2FN7O3Si/c1-5-43(19-9-7-18(32)8-10-19)36-29-34-23-15-38(27(41)17-6-11-21(30)22(31)13-17)16(2)12-20(23)28(42)39(29)25-14-24(26(40)33-3)37(4)35-25/h1,6-11,13-14H,12,15H2,2-4H3,(H-,33,34,36,40,42)/p+1. The summed E-state index contributed by atoms with van der Waals surface area (Å²) in [6.07, 6.45) is 6.02. The largest absolute Gasteiger partial charge is 0.419 e. The molecule has 1 aliphatic rings. The molecule has 0 saturated carbocycles. The summed E-state index contributed by atoms with van der Waals surface area (Å²) in [7, 11) is 1.01. The van der Waals surface area contributed by atoms with Crippen LogP contribution in [0.4, 0.5) is 10.3 Å². The average molecular weight is 637 g/mol. The third-order valence-electron chi connectivity index (χ3n) is 6.94. The molecule has 1 radical (unpaired) electrons. The second kappa shape index (κ2) is 12.0. The van der Waals surface area contributed by atoms with Crippen LogP contribution < -0.4 is 21.0 Å². The maximum atomic E-state index is 14.1. The van der Waals surface area contributed by atoms with Gasteiger partial charge >= 0.3 is 5.91 Å². The molecule has 0 aliphatic carbocycles. The molecule has 43 heavy (non-hydrogen) atoms. The molecule has 217 valence electrons. The lowest BCUT2D eigenvalue weighted by Gasteiger charge is -2.20. The molecule has 2 aromatic heterocycles. The number of hydrogen-bond donors (Lipinski definition) is 2. The van der Waals surface area contributed by atoms with Crippen LogP contribution in [-0.4, -0.2) is 57.4 Å². The highest BCUT2D eigenvalue weighted by Gasteiger charge is 2.34. The van der Waals surface area contributed by atoms with Crippen molar-refractivity contribution in [3.63, 3.8) is 0 Å². The van der Waals surface area contributed by atoms with E-state index >= 15 is 0 Å². The second-order valence-electron chi connectivity index (χ2n) is 9.68. The molecule has 0 bridgehead atoms. The van der Waals surface area contributed by atoms with Crippen LogP contribution in [0.1, 0.15) is 39.0 Å². The van der Waals surface area contributed by atoms with Crippen molar-refractivity contribution in [2.75, 3.05) is 12.0 Å². The molecule has 5 rings (SSSR count). The molecule has 3 heterocycles. The number of aryl methyl sites for hydroxylation is 1. The van der Waals surface area contributed by atoms with Crippen molar-refractivity contribution in [3.8, 4) is 17.8 Å². The number of nitrogens with one attached hydrogen (secondary N) is 2. The van der Waals surface area contributed by atoms with Gasteiger partial charge in [0, 0.05) is 27.1 Å². The Balaban J connectivity index is 1.64. The van der Waals surface area contributed by atoms with Gasteiger partial charge in [0.1, 0.15) is 17.2 Å². The Morgan fingerprint density at radius 2 is 1.86 bits per heavy atom. The highest BCUT2D eigenvalue weighted by atomic mass is 35.5. The molecule has 10 nitrogen and oxygen atoms in total. The number of carbonyl (C=O) groups excluding carboxylic acids is 2. The topological polar surface area (TPSA) is 114 Å². The van der Waals surface area contributed by atoms with Crippen LogP contribution in [0.5, 0.6) is 0 Å². The van der Waals surface area contributed by atoms with Gasteiger partial charge in [-0.3, -0.25) is 14.3 Å². The smallest absolute Gasteiger partial charge is 0.367 e. The van der Waals surface area contributed by atoms with Crippen LogP contribution in [0.3, 0.4) is 0 Å². The van der Waals surface area contributed by atoms with Gasteiger partial charge in [0.15, 0.2) is 18.1 Å². The van der Waals surface area contributed by atoms with E-state index in [9.17, 15) is 18.8 Å².